The molecule has 40 heavy (non-hydrogen) atoms. The van der Waals surface area contributed by atoms with E-state index in [2.05, 4.69) is 15.9 Å². The van der Waals surface area contributed by atoms with Gasteiger partial charge in [0.25, 0.3) is 0 Å². The van der Waals surface area contributed by atoms with E-state index in [9.17, 15) is 24.3 Å². The highest BCUT2D eigenvalue weighted by molar-refractivity contribution is 9.10. The monoisotopic (exact) mass is 593 g/mol. The number of fused-ring (bicyclic) bond motifs is 4. The van der Waals surface area contributed by atoms with Crippen LogP contribution in [0.2, 0.25) is 0 Å². The molecule has 0 saturated carbocycles. The number of rotatable bonds is 2. The van der Waals surface area contributed by atoms with Crippen molar-refractivity contribution in [1.29, 1.82) is 0 Å². The molecule has 0 spiro atoms. The quantitative estimate of drug-likeness (QED) is 0.225. The number of Topliss-reactive ketones (excluding diaryl/α,β-unsaturated/α-hetero) is 1. The number of allylic oxidation sites excluding steroid dienone is 6. The number of hydrogen-bond acceptors (Lipinski definition) is 5. The highest BCUT2D eigenvalue weighted by Crippen LogP contribution is 2.56. The standard InChI is InChI=1S/C33H24BrNO5/c1-16-14-26(36)29-25(30(16)37)15-24-21(27(29)22-11-6-17-4-2-3-5-20(17)31(22)38)12-13-23-28(24)33(40)35(32(23)39)19-9-7-18(34)8-10-19/h2-12,14,23-24,27-28,38H,13,15H2,1H3/t23-,24+,27+,28-/m0/s1. The Morgan fingerprint density at radius 2 is 1.65 bits per heavy atom. The van der Waals surface area contributed by atoms with Gasteiger partial charge in [-0.3, -0.25) is 24.1 Å². The summed E-state index contributed by atoms with van der Waals surface area (Å²) < 4.78 is 0.838. The Kier molecular flexibility index (Phi) is 5.58. The number of halogens is 1. The third-order valence-electron chi connectivity index (χ3n) is 8.89. The molecule has 1 aliphatic heterocycles. The highest BCUT2D eigenvalue weighted by atomic mass is 79.9. The van der Waals surface area contributed by atoms with Gasteiger partial charge in [-0.25, -0.2) is 0 Å². The number of phenols is 1. The molecule has 4 aliphatic rings. The van der Waals surface area contributed by atoms with Crippen molar-refractivity contribution < 1.29 is 24.3 Å². The first-order valence-corrected chi connectivity index (χ1v) is 14.1. The topological polar surface area (TPSA) is 91.8 Å². The second-order valence-corrected chi connectivity index (χ2v) is 11.9. The predicted molar refractivity (Wildman–Crippen MR) is 154 cm³/mol. The Morgan fingerprint density at radius 1 is 0.900 bits per heavy atom. The van der Waals surface area contributed by atoms with Gasteiger partial charge in [0.05, 0.1) is 17.5 Å². The van der Waals surface area contributed by atoms with Crippen LogP contribution in [0.3, 0.4) is 0 Å². The number of imide groups is 1. The van der Waals surface area contributed by atoms with Gasteiger partial charge in [0.1, 0.15) is 5.75 Å². The number of carbonyl (C=O) groups excluding carboxylic acids is 4. The minimum absolute atomic E-state index is 0.0514. The average Bonchev–Trinajstić information content (AvgIpc) is 3.21. The maximum Gasteiger partial charge on any atom is 0.238 e. The Balaban J connectivity index is 1.40. The van der Waals surface area contributed by atoms with Gasteiger partial charge < -0.3 is 5.11 Å². The molecular formula is C33H24BrNO5. The third-order valence-corrected chi connectivity index (χ3v) is 9.42. The van der Waals surface area contributed by atoms with Crippen molar-refractivity contribution in [2.24, 2.45) is 17.8 Å². The van der Waals surface area contributed by atoms with Crippen LogP contribution in [-0.4, -0.2) is 28.5 Å². The minimum Gasteiger partial charge on any atom is -0.507 e. The Labute approximate surface area is 238 Å². The van der Waals surface area contributed by atoms with Crippen LogP contribution in [0.5, 0.6) is 5.75 Å². The zero-order valence-electron chi connectivity index (χ0n) is 21.6. The van der Waals surface area contributed by atoms with E-state index in [1.54, 1.807) is 37.3 Å². The van der Waals surface area contributed by atoms with E-state index < -0.39 is 23.7 Å². The Morgan fingerprint density at radius 3 is 2.42 bits per heavy atom. The number of carbonyl (C=O) groups is 4. The van der Waals surface area contributed by atoms with Gasteiger partial charge in [-0.05, 0) is 61.4 Å². The van der Waals surface area contributed by atoms with Crippen LogP contribution in [0, 0.1) is 17.8 Å². The lowest BCUT2D eigenvalue weighted by atomic mass is 9.59. The molecule has 7 rings (SSSR count). The molecule has 3 aromatic rings. The zero-order valence-corrected chi connectivity index (χ0v) is 23.1. The van der Waals surface area contributed by atoms with Crippen LogP contribution < -0.4 is 4.90 Å². The van der Waals surface area contributed by atoms with E-state index in [-0.39, 0.29) is 35.6 Å². The van der Waals surface area contributed by atoms with Crippen LogP contribution in [-0.2, 0) is 19.2 Å². The van der Waals surface area contributed by atoms with Crippen LogP contribution in [0.4, 0.5) is 5.69 Å². The second-order valence-electron chi connectivity index (χ2n) is 10.9. The molecule has 0 radical (unpaired) electrons. The van der Waals surface area contributed by atoms with Crippen molar-refractivity contribution in [3.05, 3.63) is 105 Å². The molecule has 1 saturated heterocycles. The molecule has 6 nitrogen and oxygen atoms in total. The van der Waals surface area contributed by atoms with E-state index in [1.807, 2.05) is 36.4 Å². The lowest BCUT2D eigenvalue weighted by Gasteiger charge is -2.42. The van der Waals surface area contributed by atoms with Gasteiger partial charge >= 0.3 is 0 Å². The number of phenolic OH excluding ortho intramolecular Hbond substituents is 1. The van der Waals surface area contributed by atoms with Crippen molar-refractivity contribution in [3.8, 4) is 5.75 Å². The molecule has 0 bridgehead atoms. The second kappa shape index (κ2) is 8.96. The summed E-state index contributed by atoms with van der Waals surface area (Å²) in [6.07, 6.45) is 3.89. The van der Waals surface area contributed by atoms with Gasteiger partial charge in [-0.15, -0.1) is 0 Å². The number of nitrogens with zero attached hydrogens (tertiary/aromatic N) is 1. The Hall–Kier alpha value is -4.10. The number of hydrogen-bond donors (Lipinski definition) is 1. The molecule has 0 aromatic heterocycles. The SMILES string of the molecule is CC1=CC(=O)C2=C(C[C@@H]3C(=CC[C@@H]4C(=O)N(c5ccc(Br)cc5)C(=O)[C@@H]43)[C@@H]2c2ccc3ccccc3c2O)C1=O. The first kappa shape index (κ1) is 24.9. The van der Waals surface area contributed by atoms with Crippen molar-refractivity contribution in [2.45, 2.75) is 25.7 Å². The van der Waals surface area contributed by atoms with Gasteiger partial charge in [0, 0.05) is 38.1 Å². The molecule has 0 unspecified atom stereocenters. The van der Waals surface area contributed by atoms with Crippen LogP contribution in [0.1, 0.15) is 31.2 Å². The fourth-order valence-electron chi connectivity index (χ4n) is 7.09. The Bertz CT molecular complexity index is 1780. The molecule has 1 N–H and O–H groups in total. The summed E-state index contributed by atoms with van der Waals surface area (Å²) in [4.78, 5) is 55.8. The third kappa shape index (κ3) is 3.47. The summed E-state index contributed by atoms with van der Waals surface area (Å²) in [5.41, 5.74) is 2.96. The van der Waals surface area contributed by atoms with E-state index in [1.165, 1.54) is 11.0 Å². The number of aromatic hydroxyl groups is 1. The molecule has 1 fully saturated rings. The molecule has 198 valence electrons. The van der Waals surface area contributed by atoms with E-state index in [0.29, 0.717) is 39.8 Å². The fourth-order valence-corrected chi connectivity index (χ4v) is 7.35. The number of benzene rings is 3. The molecule has 3 aromatic carbocycles. The van der Waals surface area contributed by atoms with Crippen molar-refractivity contribution >= 4 is 55.8 Å². The van der Waals surface area contributed by atoms with E-state index in [0.717, 1.165) is 15.4 Å². The summed E-state index contributed by atoms with van der Waals surface area (Å²) in [5.74, 6) is -3.32. The van der Waals surface area contributed by atoms with Crippen LogP contribution in [0.15, 0.2) is 99.6 Å². The van der Waals surface area contributed by atoms with Crippen LogP contribution >= 0.6 is 15.9 Å². The molecule has 3 aliphatic carbocycles. The van der Waals surface area contributed by atoms with Crippen molar-refractivity contribution in [3.63, 3.8) is 0 Å². The smallest absolute Gasteiger partial charge is 0.238 e. The molecular weight excluding hydrogens is 570 g/mol. The predicted octanol–water partition coefficient (Wildman–Crippen LogP) is 5.94. The fraction of sp³-hybridized carbons (Fsp3) is 0.212. The highest BCUT2D eigenvalue weighted by Gasteiger charge is 2.56. The first-order chi connectivity index (χ1) is 19.3. The molecule has 4 atom stereocenters. The molecule has 7 heteroatoms. The minimum atomic E-state index is -0.690. The number of ketones is 2. The summed E-state index contributed by atoms with van der Waals surface area (Å²) >= 11 is 3.40. The van der Waals surface area contributed by atoms with Gasteiger partial charge in [-0.1, -0.05) is 64.0 Å². The molecule has 2 amide bonds. The lowest BCUT2D eigenvalue weighted by Crippen LogP contribution is -2.39. The van der Waals surface area contributed by atoms with E-state index in [4.69, 9.17) is 0 Å². The van der Waals surface area contributed by atoms with Gasteiger partial charge in [0.2, 0.25) is 11.8 Å². The molecule has 1 heterocycles. The summed E-state index contributed by atoms with van der Waals surface area (Å²) in [5, 5.41) is 13.0. The largest absolute Gasteiger partial charge is 0.507 e. The van der Waals surface area contributed by atoms with E-state index >= 15 is 0 Å². The number of anilines is 1. The zero-order chi connectivity index (χ0) is 27.9. The van der Waals surface area contributed by atoms with Crippen LogP contribution in [0.25, 0.3) is 10.8 Å². The first-order valence-electron chi connectivity index (χ1n) is 13.3. The van der Waals surface area contributed by atoms with Gasteiger partial charge in [0.15, 0.2) is 11.6 Å². The summed E-state index contributed by atoms with van der Waals surface area (Å²) in [6, 6.07) is 18.2. The lowest BCUT2D eigenvalue weighted by molar-refractivity contribution is -0.123. The maximum atomic E-state index is 14.0. The summed E-state index contributed by atoms with van der Waals surface area (Å²) in [6.45, 7) is 1.63. The van der Waals surface area contributed by atoms with Gasteiger partial charge in [-0.2, -0.15) is 0 Å². The maximum absolute atomic E-state index is 14.0. The number of amides is 2. The normalized spacial score (nSPS) is 26.0. The van der Waals surface area contributed by atoms with Crippen molar-refractivity contribution in [1.82, 2.24) is 0 Å². The van der Waals surface area contributed by atoms with Crippen molar-refractivity contribution in [2.75, 3.05) is 4.90 Å². The summed E-state index contributed by atoms with van der Waals surface area (Å²) in [7, 11) is 0. The average molecular weight is 594 g/mol.